The number of sulfone groups is 1. The predicted octanol–water partition coefficient (Wildman–Crippen LogP) is 2.40. The van der Waals surface area contributed by atoms with Gasteiger partial charge in [0.15, 0.2) is 0 Å². The average Bonchev–Trinajstić information content (AvgIpc) is 2.60. The van der Waals surface area contributed by atoms with Crippen molar-refractivity contribution in [3.05, 3.63) is 59.2 Å². The van der Waals surface area contributed by atoms with Crippen LogP contribution in [0.4, 0.5) is 0 Å². The molecule has 0 saturated carbocycles. The Hall–Kier alpha value is -2.67. The summed E-state index contributed by atoms with van der Waals surface area (Å²) in [5, 5.41) is 0. The van der Waals surface area contributed by atoms with Gasteiger partial charge in [-0.2, -0.15) is 0 Å². The standard InChI is InChI=1S/C17H16O6S/c1-11-10-13(17(19)23-3)6-9-15(11)24(20,21)14-7-4-12(5-8-14)16(18)22-2/h4-10H,1-3H3. The van der Waals surface area contributed by atoms with E-state index in [9.17, 15) is 18.0 Å². The van der Waals surface area contributed by atoms with E-state index in [-0.39, 0.29) is 20.9 Å². The molecule has 2 aromatic carbocycles. The van der Waals surface area contributed by atoms with Gasteiger partial charge in [0.05, 0.1) is 35.1 Å². The number of hydrogen-bond donors (Lipinski definition) is 0. The Labute approximate surface area is 139 Å². The van der Waals surface area contributed by atoms with E-state index in [1.165, 1.54) is 56.7 Å². The maximum absolute atomic E-state index is 12.7. The van der Waals surface area contributed by atoms with Crippen LogP contribution in [0.5, 0.6) is 0 Å². The van der Waals surface area contributed by atoms with Gasteiger partial charge in [0.2, 0.25) is 9.84 Å². The fraction of sp³-hybridized carbons (Fsp3) is 0.176. The van der Waals surface area contributed by atoms with Gasteiger partial charge in [-0.05, 0) is 55.0 Å². The highest BCUT2D eigenvalue weighted by atomic mass is 32.2. The van der Waals surface area contributed by atoms with Crippen molar-refractivity contribution in [1.82, 2.24) is 0 Å². The number of esters is 2. The summed E-state index contributed by atoms with van der Waals surface area (Å²) in [6.45, 7) is 1.60. The van der Waals surface area contributed by atoms with Crippen molar-refractivity contribution in [2.75, 3.05) is 14.2 Å². The Bertz CT molecular complexity index is 882. The SMILES string of the molecule is COC(=O)c1ccc(S(=O)(=O)c2ccc(C(=O)OC)cc2C)cc1. The summed E-state index contributed by atoms with van der Waals surface area (Å²) in [5.41, 5.74) is 0.958. The monoisotopic (exact) mass is 348 g/mol. The molecule has 0 radical (unpaired) electrons. The van der Waals surface area contributed by atoms with Crippen molar-refractivity contribution in [1.29, 1.82) is 0 Å². The average molecular weight is 348 g/mol. The van der Waals surface area contributed by atoms with Gasteiger partial charge in [-0.15, -0.1) is 0 Å². The van der Waals surface area contributed by atoms with E-state index in [2.05, 4.69) is 9.47 Å². The molecule has 0 N–H and O–H groups in total. The van der Waals surface area contributed by atoms with E-state index >= 15 is 0 Å². The molecule has 0 atom stereocenters. The maximum Gasteiger partial charge on any atom is 0.337 e. The minimum atomic E-state index is -3.77. The van der Waals surface area contributed by atoms with Crippen molar-refractivity contribution in [2.24, 2.45) is 0 Å². The lowest BCUT2D eigenvalue weighted by Crippen LogP contribution is -2.08. The van der Waals surface area contributed by atoms with E-state index in [4.69, 9.17) is 0 Å². The van der Waals surface area contributed by atoms with Gasteiger partial charge in [-0.3, -0.25) is 0 Å². The zero-order chi connectivity index (χ0) is 17.9. The Morgan fingerprint density at radius 3 is 1.83 bits per heavy atom. The van der Waals surface area contributed by atoms with Crippen LogP contribution in [0, 0.1) is 6.92 Å². The third-order valence-corrected chi connectivity index (χ3v) is 5.40. The second-order valence-corrected chi connectivity index (χ2v) is 6.91. The summed E-state index contributed by atoms with van der Waals surface area (Å²) in [7, 11) is -1.27. The van der Waals surface area contributed by atoms with Gasteiger partial charge >= 0.3 is 11.9 Å². The predicted molar refractivity (Wildman–Crippen MR) is 85.8 cm³/mol. The summed E-state index contributed by atoms with van der Waals surface area (Å²) in [6, 6.07) is 9.68. The molecule has 7 heteroatoms. The normalized spacial score (nSPS) is 11.0. The van der Waals surface area contributed by atoms with Crippen LogP contribution in [-0.4, -0.2) is 34.6 Å². The summed E-state index contributed by atoms with van der Waals surface area (Å²) < 4.78 is 34.6. The number of methoxy groups -OCH3 is 2. The Kier molecular flexibility index (Phi) is 5.04. The lowest BCUT2D eigenvalue weighted by Gasteiger charge is -2.10. The number of aryl methyl sites for hydroxylation is 1. The zero-order valence-corrected chi connectivity index (χ0v) is 14.2. The molecule has 0 fully saturated rings. The summed E-state index contributed by atoms with van der Waals surface area (Å²) in [6.07, 6.45) is 0. The molecular formula is C17H16O6S. The molecule has 24 heavy (non-hydrogen) atoms. The van der Waals surface area contributed by atoms with Crippen LogP contribution in [0.3, 0.4) is 0 Å². The van der Waals surface area contributed by atoms with Crippen molar-refractivity contribution < 1.29 is 27.5 Å². The summed E-state index contributed by atoms with van der Waals surface area (Å²) >= 11 is 0. The fourth-order valence-electron chi connectivity index (χ4n) is 2.21. The lowest BCUT2D eigenvalue weighted by atomic mass is 10.1. The van der Waals surface area contributed by atoms with Crippen molar-refractivity contribution in [3.63, 3.8) is 0 Å². The quantitative estimate of drug-likeness (QED) is 0.789. The third kappa shape index (κ3) is 3.30. The van der Waals surface area contributed by atoms with Gasteiger partial charge in [0.25, 0.3) is 0 Å². The minimum absolute atomic E-state index is 0.0454. The van der Waals surface area contributed by atoms with Crippen LogP contribution in [-0.2, 0) is 19.3 Å². The molecule has 0 aliphatic heterocycles. The first-order valence-electron chi connectivity index (χ1n) is 6.93. The van der Waals surface area contributed by atoms with E-state index in [1.54, 1.807) is 6.92 Å². The Balaban J connectivity index is 2.43. The molecule has 0 spiro atoms. The largest absolute Gasteiger partial charge is 0.465 e. The smallest absolute Gasteiger partial charge is 0.337 e. The molecule has 0 aromatic heterocycles. The highest BCUT2D eigenvalue weighted by molar-refractivity contribution is 7.91. The molecular weight excluding hydrogens is 332 g/mol. The fourth-order valence-corrected chi connectivity index (χ4v) is 3.69. The minimum Gasteiger partial charge on any atom is -0.465 e. The number of hydrogen-bond acceptors (Lipinski definition) is 6. The van der Waals surface area contributed by atoms with Crippen LogP contribution < -0.4 is 0 Å². The maximum atomic E-state index is 12.7. The van der Waals surface area contributed by atoms with E-state index in [0.29, 0.717) is 5.56 Å². The number of ether oxygens (including phenoxy) is 2. The van der Waals surface area contributed by atoms with Crippen LogP contribution in [0.15, 0.2) is 52.3 Å². The molecule has 2 rings (SSSR count). The lowest BCUT2D eigenvalue weighted by molar-refractivity contribution is 0.0591. The summed E-state index contributed by atoms with van der Waals surface area (Å²) in [5.74, 6) is -1.08. The summed E-state index contributed by atoms with van der Waals surface area (Å²) in [4.78, 5) is 23.1. The topological polar surface area (TPSA) is 86.7 Å². The molecule has 0 aliphatic rings. The Morgan fingerprint density at radius 2 is 1.33 bits per heavy atom. The second-order valence-electron chi connectivity index (χ2n) is 4.99. The number of benzene rings is 2. The molecule has 2 aromatic rings. The molecule has 0 heterocycles. The molecule has 126 valence electrons. The number of carbonyl (C=O) groups excluding carboxylic acids is 2. The molecule has 0 unspecified atom stereocenters. The highest BCUT2D eigenvalue weighted by Crippen LogP contribution is 2.25. The van der Waals surface area contributed by atoms with Gasteiger partial charge < -0.3 is 9.47 Å². The first-order valence-corrected chi connectivity index (χ1v) is 8.42. The van der Waals surface area contributed by atoms with Gasteiger partial charge in [0.1, 0.15) is 0 Å². The van der Waals surface area contributed by atoms with Crippen molar-refractivity contribution >= 4 is 21.8 Å². The molecule has 0 amide bonds. The Morgan fingerprint density at radius 1 is 0.833 bits per heavy atom. The molecule has 0 saturated heterocycles. The van der Waals surface area contributed by atoms with Gasteiger partial charge in [-0.25, -0.2) is 18.0 Å². The molecule has 6 nitrogen and oxygen atoms in total. The molecule has 0 bridgehead atoms. The second kappa shape index (κ2) is 6.84. The number of carbonyl (C=O) groups is 2. The van der Waals surface area contributed by atoms with E-state index in [1.807, 2.05) is 0 Å². The van der Waals surface area contributed by atoms with E-state index in [0.717, 1.165) is 0 Å². The van der Waals surface area contributed by atoms with Gasteiger partial charge in [-0.1, -0.05) is 0 Å². The number of rotatable bonds is 4. The van der Waals surface area contributed by atoms with Crippen molar-refractivity contribution in [2.45, 2.75) is 16.7 Å². The van der Waals surface area contributed by atoms with Crippen LogP contribution in [0.25, 0.3) is 0 Å². The van der Waals surface area contributed by atoms with Crippen molar-refractivity contribution in [3.8, 4) is 0 Å². The van der Waals surface area contributed by atoms with Crippen LogP contribution in [0.1, 0.15) is 26.3 Å². The van der Waals surface area contributed by atoms with E-state index < -0.39 is 21.8 Å². The van der Waals surface area contributed by atoms with Crippen LogP contribution in [0.2, 0.25) is 0 Å². The third-order valence-electron chi connectivity index (χ3n) is 3.47. The molecule has 0 aliphatic carbocycles. The van der Waals surface area contributed by atoms with Crippen LogP contribution >= 0.6 is 0 Å². The highest BCUT2D eigenvalue weighted by Gasteiger charge is 2.21. The zero-order valence-electron chi connectivity index (χ0n) is 13.4. The first kappa shape index (κ1) is 17.7. The first-order chi connectivity index (χ1) is 11.3. The van der Waals surface area contributed by atoms with Gasteiger partial charge in [0, 0.05) is 0 Å².